The molecule has 5 heteroatoms. The van der Waals surface area contributed by atoms with Crippen LogP contribution >= 0.6 is 0 Å². The highest BCUT2D eigenvalue weighted by Crippen LogP contribution is 2.21. The second-order valence-electron chi connectivity index (χ2n) is 4.02. The number of esters is 1. The normalized spacial score (nSPS) is 12.1. The molecular weight excluding hydrogens is 230 g/mol. The number of aromatic nitrogens is 2. The van der Waals surface area contributed by atoms with E-state index < -0.39 is 5.97 Å². The third-order valence-corrected chi connectivity index (χ3v) is 2.87. The van der Waals surface area contributed by atoms with Crippen LogP contribution in [-0.4, -0.2) is 22.6 Å². The molecule has 0 aliphatic rings. The van der Waals surface area contributed by atoms with Gasteiger partial charge in [0.25, 0.3) is 0 Å². The summed E-state index contributed by atoms with van der Waals surface area (Å²) >= 11 is 0. The molecule has 1 aromatic carbocycles. The van der Waals surface area contributed by atoms with Gasteiger partial charge in [0.1, 0.15) is 5.69 Å². The van der Waals surface area contributed by atoms with Crippen LogP contribution in [0.3, 0.4) is 0 Å². The number of carbonyl (C=O) groups excluding carboxylic acids is 1. The molecule has 1 heterocycles. The van der Waals surface area contributed by atoms with Crippen LogP contribution in [-0.2, 0) is 4.74 Å². The molecule has 2 N–H and O–H groups in total. The quantitative estimate of drug-likeness (QED) is 0.662. The van der Waals surface area contributed by atoms with Crippen molar-refractivity contribution in [3.63, 3.8) is 0 Å². The number of nitrogen functional groups attached to an aromatic ring is 1. The molecule has 2 aromatic rings. The molecular formula is C13H15N3O2. The summed E-state index contributed by atoms with van der Waals surface area (Å²) in [6.45, 7) is 1.98. The Morgan fingerprint density at radius 3 is 2.94 bits per heavy atom. The topological polar surface area (TPSA) is 70.1 Å². The van der Waals surface area contributed by atoms with Gasteiger partial charge in [-0.15, -0.1) is 0 Å². The molecule has 94 valence electrons. The predicted molar refractivity (Wildman–Crippen MR) is 68.2 cm³/mol. The van der Waals surface area contributed by atoms with E-state index in [0.29, 0.717) is 11.4 Å². The zero-order valence-corrected chi connectivity index (χ0v) is 10.3. The largest absolute Gasteiger partial charge is 0.464 e. The van der Waals surface area contributed by atoms with Crippen molar-refractivity contribution in [3.05, 3.63) is 48.0 Å². The Kier molecular flexibility index (Phi) is 3.32. The molecule has 1 atom stereocenters. The fourth-order valence-corrected chi connectivity index (χ4v) is 1.86. The molecule has 0 spiro atoms. The maximum absolute atomic E-state index is 11.6. The van der Waals surface area contributed by atoms with Crippen LogP contribution in [0.1, 0.15) is 29.0 Å². The standard InChI is InChI=1S/C13H15N3O2/c1-9(10-4-3-5-11(14)6-10)16-8-15-7-12(16)13(17)18-2/h3-9H,14H2,1-2H3/t9-/m1/s1. The lowest BCUT2D eigenvalue weighted by atomic mass is 10.1. The SMILES string of the molecule is COC(=O)c1cncn1[C@H](C)c1cccc(N)c1. The van der Waals surface area contributed by atoms with Gasteiger partial charge in [-0.1, -0.05) is 12.1 Å². The molecule has 0 saturated carbocycles. The van der Waals surface area contributed by atoms with E-state index in [2.05, 4.69) is 4.98 Å². The van der Waals surface area contributed by atoms with E-state index >= 15 is 0 Å². The number of anilines is 1. The molecule has 0 bridgehead atoms. The number of benzene rings is 1. The molecule has 0 amide bonds. The summed E-state index contributed by atoms with van der Waals surface area (Å²) in [6, 6.07) is 7.51. The molecule has 0 aliphatic heterocycles. The van der Waals surface area contributed by atoms with Gasteiger partial charge in [-0.3, -0.25) is 0 Å². The summed E-state index contributed by atoms with van der Waals surface area (Å²) in [4.78, 5) is 15.6. The minimum atomic E-state index is -0.400. The number of hydrogen-bond acceptors (Lipinski definition) is 4. The predicted octanol–water partition coefficient (Wildman–Crippen LogP) is 1.86. The van der Waals surface area contributed by atoms with Crippen molar-refractivity contribution in [2.75, 3.05) is 12.8 Å². The first-order chi connectivity index (χ1) is 8.63. The lowest BCUT2D eigenvalue weighted by molar-refractivity contribution is 0.0587. The average molecular weight is 245 g/mol. The lowest BCUT2D eigenvalue weighted by Crippen LogP contribution is -2.14. The number of nitrogens with zero attached hydrogens (tertiary/aromatic N) is 2. The molecule has 2 rings (SSSR count). The monoisotopic (exact) mass is 245 g/mol. The van der Waals surface area contributed by atoms with Crippen LogP contribution in [0.5, 0.6) is 0 Å². The molecule has 0 radical (unpaired) electrons. The van der Waals surface area contributed by atoms with Gasteiger partial charge in [0, 0.05) is 5.69 Å². The zero-order valence-electron chi connectivity index (χ0n) is 10.3. The highest BCUT2D eigenvalue weighted by molar-refractivity contribution is 5.87. The van der Waals surface area contributed by atoms with Gasteiger partial charge in [0.15, 0.2) is 0 Å². The first-order valence-corrected chi connectivity index (χ1v) is 5.59. The Labute approximate surface area is 105 Å². The Morgan fingerprint density at radius 2 is 2.28 bits per heavy atom. The summed E-state index contributed by atoms with van der Waals surface area (Å²) in [5.74, 6) is -0.400. The first kappa shape index (κ1) is 12.2. The molecule has 5 nitrogen and oxygen atoms in total. The van der Waals surface area contributed by atoms with Gasteiger partial charge in [0.05, 0.1) is 25.7 Å². The highest BCUT2D eigenvalue weighted by atomic mass is 16.5. The van der Waals surface area contributed by atoms with Gasteiger partial charge in [-0.2, -0.15) is 0 Å². The Balaban J connectivity index is 2.37. The van der Waals surface area contributed by atoms with Crippen molar-refractivity contribution in [1.29, 1.82) is 0 Å². The van der Waals surface area contributed by atoms with Crippen LogP contribution < -0.4 is 5.73 Å². The van der Waals surface area contributed by atoms with E-state index in [1.807, 2.05) is 31.2 Å². The van der Waals surface area contributed by atoms with E-state index in [1.165, 1.54) is 13.3 Å². The number of hydrogen-bond donors (Lipinski definition) is 1. The minimum absolute atomic E-state index is 0.0369. The maximum Gasteiger partial charge on any atom is 0.356 e. The van der Waals surface area contributed by atoms with Gasteiger partial charge >= 0.3 is 5.97 Å². The fourth-order valence-electron chi connectivity index (χ4n) is 1.86. The molecule has 1 aromatic heterocycles. The van der Waals surface area contributed by atoms with Crippen molar-refractivity contribution in [2.24, 2.45) is 0 Å². The summed E-state index contributed by atoms with van der Waals surface area (Å²) in [5.41, 5.74) is 7.89. The number of ether oxygens (including phenoxy) is 1. The van der Waals surface area contributed by atoms with Crippen molar-refractivity contribution >= 4 is 11.7 Å². The van der Waals surface area contributed by atoms with Crippen molar-refractivity contribution in [2.45, 2.75) is 13.0 Å². The molecule has 0 saturated heterocycles. The highest BCUT2D eigenvalue weighted by Gasteiger charge is 2.17. The summed E-state index contributed by atoms with van der Waals surface area (Å²) in [5, 5.41) is 0. The maximum atomic E-state index is 11.6. The first-order valence-electron chi connectivity index (χ1n) is 5.59. The van der Waals surface area contributed by atoms with Gasteiger partial charge in [-0.05, 0) is 24.6 Å². The zero-order chi connectivity index (χ0) is 13.1. The fraction of sp³-hybridized carbons (Fsp3) is 0.231. The third kappa shape index (κ3) is 2.20. The van der Waals surface area contributed by atoms with Crippen molar-refractivity contribution in [1.82, 2.24) is 9.55 Å². The van der Waals surface area contributed by atoms with Gasteiger partial charge < -0.3 is 15.0 Å². The smallest absolute Gasteiger partial charge is 0.356 e. The van der Waals surface area contributed by atoms with Crippen LogP contribution in [0.4, 0.5) is 5.69 Å². The molecule has 0 unspecified atom stereocenters. The van der Waals surface area contributed by atoms with Crippen LogP contribution in [0.2, 0.25) is 0 Å². The number of rotatable bonds is 3. The van der Waals surface area contributed by atoms with Gasteiger partial charge in [-0.25, -0.2) is 9.78 Å². The molecule has 18 heavy (non-hydrogen) atoms. The van der Waals surface area contributed by atoms with Crippen LogP contribution in [0.15, 0.2) is 36.8 Å². The third-order valence-electron chi connectivity index (χ3n) is 2.87. The number of imidazole rings is 1. The van der Waals surface area contributed by atoms with Crippen molar-refractivity contribution < 1.29 is 9.53 Å². The van der Waals surface area contributed by atoms with Crippen LogP contribution in [0, 0.1) is 0 Å². The summed E-state index contributed by atoms with van der Waals surface area (Å²) in [7, 11) is 1.35. The van der Waals surface area contributed by atoms with Crippen LogP contribution in [0.25, 0.3) is 0 Å². The number of nitrogens with two attached hydrogens (primary N) is 1. The summed E-state index contributed by atoms with van der Waals surface area (Å²) < 4.78 is 6.49. The number of methoxy groups -OCH3 is 1. The van der Waals surface area contributed by atoms with E-state index in [-0.39, 0.29) is 6.04 Å². The molecule has 0 fully saturated rings. The van der Waals surface area contributed by atoms with E-state index in [0.717, 1.165) is 5.56 Å². The summed E-state index contributed by atoms with van der Waals surface area (Å²) in [6.07, 6.45) is 3.11. The van der Waals surface area contributed by atoms with E-state index in [4.69, 9.17) is 10.5 Å². The Bertz CT molecular complexity index is 563. The molecule has 0 aliphatic carbocycles. The number of carbonyl (C=O) groups is 1. The van der Waals surface area contributed by atoms with Crippen molar-refractivity contribution in [3.8, 4) is 0 Å². The Hall–Kier alpha value is -2.30. The van der Waals surface area contributed by atoms with Gasteiger partial charge in [0.2, 0.25) is 0 Å². The second-order valence-corrected chi connectivity index (χ2v) is 4.02. The minimum Gasteiger partial charge on any atom is -0.464 e. The average Bonchev–Trinajstić information content (AvgIpc) is 2.86. The lowest BCUT2D eigenvalue weighted by Gasteiger charge is -2.16. The van der Waals surface area contributed by atoms with E-state index in [1.54, 1.807) is 10.9 Å². The van der Waals surface area contributed by atoms with E-state index in [9.17, 15) is 4.79 Å². The Morgan fingerprint density at radius 1 is 1.50 bits per heavy atom. The second kappa shape index (κ2) is 4.91.